The molecule has 0 radical (unpaired) electrons. The third-order valence-electron chi connectivity index (χ3n) is 5.57. The maximum absolute atomic E-state index is 12.7. The number of halogens is 1. The number of methoxy groups -OCH3 is 2. The minimum atomic E-state index is -0.653. The van der Waals surface area contributed by atoms with E-state index in [1.165, 1.54) is 26.5 Å². The number of hydrogen-bond donors (Lipinski definition) is 3. The van der Waals surface area contributed by atoms with Crippen LogP contribution in [0.25, 0.3) is 0 Å². The first-order chi connectivity index (χ1) is 19.7. The van der Waals surface area contributed by atoms with E-state index < -0.39 is 23.9 Å². The average Bonchev–Trinajstić information content (AvgIpc) is 2.94. The van der Waals surface area contributed by atoms with Gasteiger partial charge in [0.2, 0.25) is 0 Å². The van der Waals surface area contributed by atoms with Crippen LogP contribution < -0.4 is 30.3 Å². The van der Waals surface area contributed by atoms with Crippen molar-refractivity contribution < 1.29 is 38.1 Å². The van der Waals surface area contributed by atoms with Crippen molar-refractivity contribution in [3.8, 4) is 17.2 Å². The van der Waals surface area contributed by atoms with Gasteiger partial charge in [-0.2, -0.15) is 5.10 Å². The zero-order chi connectivity index (χ0) is 29.9. The number of carbonyl (C=O) groups is 3. The number of para-hydroxylation sites is 1. The summed E-state index contributed by atoms with van der Waals surface area (Å²) in [6.45, 7) is 2.94. The molecule has 14 heteroatoms. The van der Waals surface area contributed by atoms with E-state index in [2.05, 4.69) is 25.9 Å². The number of esters is 2. The molecule has 41 heavy (non-hydrogen) atoms. The SMILES string of the molecule is CCOC(=O)C1=C(C)NC(=S)N[C@H]1c1ccccc1OCC(=O)NN=Cc1cc(Cl)c(OCC(=O)OC)c(OC)c1. The van der Waals surface area contributed by atoms with Crippen molar-refractivity contribution in [2.75, 3.05) is 34.0 Å². The van der Waals surface area contributed by atoms with Crippen molar-refractivity contribution in [2.45, 2.75) is 19.9 Å². The highest BCUT2D eigenvalue weighted by Gasteiger charge is 2.32. The fourth-order valence-corrected chi connectivity index (χ4v) is 4.30. The highest BCUT2D eigenvalue weighted by Crippen LogP contribution is 2.36. The van der Waals surface area contributed by atoms with E-state index in [1.54, 1.807) is 44.2 Å². The molecule has 0 saturated carbocycles. The Labute approximate surface area is 246 Å². The van der Waals surface area contributed by atoms with E-state index in [0.717, 1.165) is 0 Å². The molecule has 1 amide bonds. The van der Waals surface area contributed by atoms with Crippen LogP contribution in [0.15, 0.2) is 52.8 Å². The van der Waals surface area contributed by atoms with E-state index in [4.69, 9.17) is 42.8 Å². The summed E-state index contributed by atoms with van der Waals surface area (Å²) in [5.74, 6) is -0.845. The molecule has 2 aromatic carbocycles. The van der Waals surface area contributed by atoms with Gasteiger partial charge in [0.15, 0.2) is 29.8 Å². The fourth-order valence-electron chi connectivity index (χ4n) is 3.76. The molecule has 3 N–H and O–H groups in total. The molecule has 0 unspecified atom stereocenters. The minimum absolute atomic E-state index is 0.160. The number of nitrogens with one attached hydrogen (secondary N) is 3. The summed E-state index contributed by atoms with van der Waals surface area (Å²) in [5, 5.41) is 10.4. The summed E-state index contributed by atoms with van der Waals surface area (Å²) in [4.78, 5) is 36.5. The molecule has 2 aromatic rings. The van der Waals surface area contributed by atoms with Gasteiger partial charge >= 0.3 is 11.9 Å². The molecule has 0 bridgehead atoms. The van der Waals surface area contributed by atoms with Gasteiger partial charge < -0.3 is 34.3 Å². The number of amides is 1. The topological polar surface area (TPSA) is 146 Å². The first kappa shape index (κ1) is 31.2. The quantitative estimate of drug-likeness (QED) is 0.142. The van der Waals surface area contributed by atoms with Gasteiger partial charge in [-0.3, -0.25) is 4.79 Å². The summed E-state index contributed by atoms with van der Waals surface area (Å²) < 4.78 is 26.2. The van der Waals surface area contributed by atoms with Gasteiger partial charge in [-0.15, -0.1) is 0 Å². The molecular formula is C27H29ClN4O8S. The summed E-state index contributed by atoms with van der Waals surface area (Å²) in [5.41, 5.74) is 4.36. The number of rotatable bonds is 12. The molecule has 0 spiro atoms. The summed E-state index contributed by atoms with van der Waals surface area (Å²) in [6.07, 6.45) is 1.35. The highest BCUT2D eigenvalue weighted by atomic mass is 35.5. The standard InChI is InChI=1S/C27H29ClN4O8S/c1-5-38-26(35)23-15(2)30-27(41)31-24(23)17-8-6-7-9-19(17)39-13-21(33)32-29-12-16-10-18(28)25(20(11-16)36-3)40-14-22(34)37-4/h6-12,24H,5,13-14H2,1-4H3,(H,32,33)(H2,30,31,41)/t24-/m0/s1. The van der Waals surface area contributed by atoms with Crippen LogP contribution in [-0.4, -0.2) is 63.2 Å². The zero-order valence-corrected chi connectivity index (χ0v) is 24.3. The third kappa shape index (κ3) is 8.32. The summed E-state index contributed by atoms with van der Waals surface area (Å²) in [6, 6.07) is 9.39. The van der Waals surface area contributed by atoms with Crippen molar-refractivity contribution in [3.05, 3.63) is 63.8 Å². The lowest BCUT2D eigenvalue weighted by atomic mass is 9.95. The first-order valence-corrected chi connectivity index (χ1v) is 13.0. The number of benzene rings is 2. The van der Waals surface area contributed by atoms with E-state index >= 15 is 0 Å². The van der Waals surface area contributed by atoms with Gasteiger partial charge in [0.1, 0.15) is 5.75 Å². The van der Waals surface area contributed by atoms with Crippen molar-refractivity contribution in [3.63, 3.8) is 0 Å². The molecule has 0 saturated heterocycles. The number of allylic oxidation sites excluding steroid dienone is 1. The molecule has 0 fully saturated rings. The average molecular weight is 605 g/mol. The Morgan fingerprint density at radius 2 is 1.88 bits per heavy atom. The van der Waals surface area contributed by atoms with Crippen LogP contribution in [0, 0.1) is 0 Å². The van der Waals surface area contributed by atoms with Crippen molar-refractivity contribution >= 4 is 53.0 Å². The monoisotopic (exact) mass is 604 g/mol. The Kier molecular flexibility index (Phi) is 11.3. The summed E-state index contributed by atoms with van der Waals surface area (Å²) >= 11 is 11.6. The lowest BCUT2D eigenvalue weighted by Gasteiger charge is -2.30. The van der Waals surface area contributed by atoms with Crippen molar-refractivity contribution in [1.29, 1.82) is 0 Å². The van der Waals surface area contributed by atoms with Crippen LogP contribution in [0.5, 0.6) is 17.2 Å². The molecule has 3 rings (SSSR count). The second-order valence-electron chi connectivity index (χ2n) is 8.31. The Balaban J connectivity index is 1.68. The van der Waals surface area contributed by atoms with E-state index in [1.807, 2.05) is 0 Å². The first-order valence-electron chi connectivity index (χ1n) is 12.2. The second-order valence-corrected chi connectivity index (χ2v) is 9.12. The number of hydrogen-bond acceptors (Lipinski definition) is 10. The smallest absolute Gasteiger partial charge is 0.343 e. The predicted molar refractivity (Wildman–Crippen MR) is 154 cm³/mol. The number of thiocarbonyl (C=S) groups is 1. The molecular weight excluding hydrogens is 576 g/mol. The number of carbonyl (C=O) groups excluding carboxylic acids is 3. The van der Waals surface area contributed by atoms with Crippen LogP contribution in [-0.2, 0) is 23.9 Å². The van der Waals surface area contributed by atoms with E-state index in [9.17, 15) is 14.4 Å². The fraction of sp³-hybridized carbons (Fsp3) is 0.296. The van der Waals surface area contributed by atoms with E-state index in [0.29, 0.717) is 33.3 Å². The maximum atomic E-state index is 12.7. The van der Waals surface area contributed by atoms with Gasteiger partial charge in [-0.25, -0.2) is 15.0 Å². The highest BCUT2D eigenvalue weighted by molar-refractivity contribution is 7.80. The third-order valence-corrected chi connectivity index (χ3v) is 6.07. The van der Waals surface area contributed by atoms with Crippen LogP contribution >= 0.6 is 23.8 Å². The Morgan fingerprint density at radius 3 is 2.59 bits per heavy atom. The molecule has 12 nitrogen and oxygen atoms in total. The van der Waals surface area contributed by atoms with Crippen LogP contribution in [0.2, 0.25) is 5.02 Å². The molecule has 1 aliphatic rings. The normalized spacial score (nSPS) is 14.6. The van der Waals surface area contributed by atoms with Crippen LogP contribution in [0.3, 0.4) is 0 Å². The second kappa shape index (κ2) is 14.9. The summed E-state index contributed by atoms with van der Waals surface area (Å²) in [7, 11) is 2.65. The van der Waals surface area contributed by atoms with Crippen LogP contribution in [0.1, 0.15) is 31.0 Å². The van der Waals surface area contributed by atoms with Gasteiger partial charge in [-0.1, -0.05) is 29.8 Å². The molecule has 1 atom stereocenters. The molecule has 1 aliphatic heterocycles. The maximum Gasteiger partial charge on any atom is 0.343 e. The lowest BCUT2D eigenvalue weighted by molar-refractivity contribution is -0.143. The molecule has 0 aliphatic carbocycles. The molecule has 0 aromatic heterocycles. The zero-order valence-electron chi connectivity index (χ0n) is 22.7. The molecule has 218 valence electrons. The minimum Gasteiger partial charge on any atom is -0.493 e. The number of hydrazone groups is 1. The van der Waals surface area contributed by atoms with Crippen LogP contribution in [0.4, 0.5) is 0 Å². The van der Waals surface area contributed by atoms with Gasteiger partial charge in [0.05, 0.1) is 43.7 Å². The van der Waals surface area contributed by atoms with Crippen molar-refractivity contribution in [1.82, 2.24) is 16.1 Å². The lowest BCUT2D eigenvalue weighted by Crippen LogP contribution is -2.45. The van der Waals surface area contributed by atoms with E-state index in [-0.39, 0.29) is 36.3 Å². The Bertz CT molecular complexity index is 1380. The Hall–Kier alpha value is -4.36. The largest absolute Gasteiger partial charge is 0.493 e. The number of nitrogens with zero attached hydrogens (tertiary/aromatic N) is 1. The van der Waals surface area contributed by atoms with Gasteiger partial charge in [-0.05, 0) is 49.8 Å². The predicted octanol–water partition coefficient (Wildman–Crippen LogP) is 2.79. The van der Waals surface area contributed by atoms with Gasteiger partial charge in [0.25, 0.3) is 5.91 Å². The van der Waals surface area contributed by atoms with Gasteiger partial charge in [0, 0.05) is 11.3 Å². The molecule has 1 heterocycles. The number of ether oxygens (including phenoxy) is 5. The van der Waals surface area contributed by atoms with Crippen molar-refractivity contribution in [2.24, 2.45) is 5.10 Å². The Morgan fingerprint density at radius 1 is 1.12 bits per heavy atom.